The monoisotopic (exact) mass is 420 g/mol. The molecular weight excluding hydrogens is 392 g/mol. The Labute approximate surface area is 182 Å². The van der Waals surface area contributed by atoms with Gasteiger partial charge in [0.15, 0.2) is 6.61 Å². The Morgan fingerprint density at radius 2 is 1.77 bits per heavy atom. The highest BCUT2D eigenvalue weighted by molar-refractivity contribution is 5.89. The number of fused-ring (bicyclic) bond motifs is 1. The highest BCUT2D eigenvalue weighted by atomic mass is 16.5. The zero-order chi connectivity index (χ0) is 22.6. The van der Waals surface area contributed by atoms with Gasteiger partial charge in [-0.1, -0.05) is 30.3 Å². The lowest BCUT2D eigenvalue weighted by molar-refractivity contribution is -0.124. The van der Waals surface area contributed by atoms with E-state index in [1.165, 1.54) is 0 Å². The Morgan fingerprint density at radius 3 is 2.45 bits per heavy atom. The standard InChI is InChI=1S/C25H28N2O4/c1-16-13-18(24(29)30)9-11-21(16)26-14-20-19-8-6-5-7-17(19)10-12-22(20)31-15-23(28)27-25(2,3)4/h5-13,26H,14-15H2,1-4H3,(H,27,28)(H,29,30). The number of ether oxygens (including phenoxy) is 1. The summed E-state index contributed by atoms with van der Waals surface area (Å²) in [6, 6.07) is 16.8. The molecule has 3 aromatic rings. The van der Waals surface area contributed by atoms with E-state index in [0.717, 1.165) is 27.6 Å². The van der Waals surface area contributed by atoms with Gasteiger partial charge in [-0.05, 0) is 68.3 Å². The number of hydrogen-bond acceptors (Lipinski definition) is 4. The fourth-order valence-corrected chi connectivity index (χ4v) is 3.41. The number of carbonyl (C=O) groups excluding carboxylic acids is 1. The van der Waals surface area contributed by atoms with Gasteiger partial charge in [-0.3, -0.25) is 4.79 Å². The number of carboxylic acids is 1. The van der Waals surface area contributed by atoms with E-state index in [1.54, 1.807) is 18.2 Å². The second kappa shape index (κ2) is 9.08. The average Bonchev–Trinajstić information content (AvgIpc) is 2.70. The second-order valence-corrected chi connectivity index (χ2v) is 8.54. The van der Waals surface area contributed by atoms with Crippen LogP contribution in [0, 0.1) is 6.92 Å². The van der Waals surface area contributed by atoms with Gasteiger partial charge in [-0.2, -0.15) is 0 Å². The van der Waals surface area contributed by atoms with Crippen LogP contribution >= 0.6 is 0 Å². The number of nitrogens with one attached hydrogen (secondary N) is 2. The Balaban J connectivity index is 1.85. The van der Waals surface area contributed by atoms with Crippen LogP contribution in [0.3, 0.4) is 0 Å². The summed E-state index contributed by atoms with van der Waals surface area (Å²) in [7, 11) is 0. The van der Waals surface area contributed by atoms with E-state index < -0.39 is 5.97 Å². The molecule has 0 spiro atoms. The van der Waals surface area contributed by atoms with Gasteiger partial charge in [0, 0.05) is 23.3 Å². The zero-order valence-corrected chi connectivity index (χ0v) is 18.3. The molecule has 0 heterocycles. The van der Waals surface area contributed by atoms with E-state index in [9.17, 15) is 9.59 Å². The molecule has 3 N–H and O–H groups in total. The van der Waals surface area contributed by atoms with Gasteiger partial charge in [-0.25, -0.2) is 4.79 Å². The maximum Gasteiger partial charge on any atom is 0.335 e. The van der Waals surface area contributed by atoms with Crippen molar-refractivity contribution in [3.8, 4) is 5.75 Å². The van der Waals surface area contributed by atoms with Crippen LogP contribution in [0.5, 0.6) is 5.75 Å². The van der Waals surface area contributed by atoms with Crippen LogP contribution in [-0.2, 0) is 11.3 Å². The van der Waals surface area contributed by atoms with Gasteiger partial charge in [0.25, 0.3) is 5.91 Å². The third kappa shape index (κ3) is 5.75. The molecule has 0 bridgehead atoms. The summed E-state index contributed by atoms with van der Waals surface area (Å²) in [6.45, 7) is 8.03. The third-order valence-electron chi connectivity index (χ3n) is 4.80. The molecule has 31 heavy (non-hydrogen) atoms. The molecule has 0 aromatic heterocycles. The minimum absolute atomic E-state index is 0.0745. The summed E-state index contributed by atoms with van der Waals surface area (Å²) in [5.41, 5.74) is 2.54. The molecule has 6 nitrogen and oxygen atoms in total. The van der Waals surface area contributed by atoms with Crippen LogP contribution in [0.25, 0.3) is 10.8 Å². The molecule has 3 rings (SSSR count). The molecule has 0 unspecified atom stereocenters. The largest absolute Gasteiger partial charge is 0.483 e. The number of aromatic carboxylic acids is 1. The third-order valence-corrected chi connectivity index (χ3v) is 4.80. The van der Waals surface area contributed by atoms with Crippen molar-refractivity contribution >= 4 is 28.3 Å². The van der Waals surface area contributed by atoms with E-state index in [0.29, 0.717) is 12.3 Å². The summed E-state index contributed by atoms with van der Waals surface area (Å²) < 4.78 is 5.89. The molecule has 0 aliphatic heterocycles. The fourth-order valence-electron chi connectivity index (χ4n) is 3.41. The number of rotatable bonds is 7. The second-order valence-electron chi connectivity index (χ2n) is 8.54. The first-order chi connectivity index (χ1) is 14.6. The fraction of sp³-hybridized carbons (Fsp3) is 0.280. The van der Waals surface area contributed by atoms with Crippen molar-refractivity contribution in [2.75, 3.05) is 11.9 Å². The van der Waals surface area contributed by atoms with Crippen LogP contribution in [0.4, 0.5) is 5.69 Å². The molecule has 162 valence electrons. The van der Waals surface area contributed by atoms with Gasteiger partial charge in [0.1, 0.15) is 5.75 Å². The molecule has 0 radical (unpaired) electrons. The SMILES string of the molecule is Cc1cc(C(=O)O)ccc1NCc1c(OCC(=O)NC(C)(C)C)ccc2ccccc12. The first-order valence-electron chi connectivity index (χ1n) is 10.2. The highest BCUT2D eigenvalue weighted by Crippen LogP contribution is 2.29. The maximum absolute atomic E-state index is 12.2. The first-order valence-corrected chi connectivity index (χ1v) is 10.2. The Morgan fingerprint density at radius 1 is 1.03 bits per heavy atom. The Bertz CT molecular complexity index is 1120. The lowest BCUT2D eigenvalue weighted by Crippen LogP contribution is -2.43. The molecule has 1 amide bonds. The van der Waals surface area contributed by atoms with Crippen molar-refractivity contribution in [3.05, 3.63) is 71.3 Å². The molecular formula is C25H28N2O4. The number of aryl methyl sites for hydroxylation is 1. The molecule has 0 aliphatic rings. The topological polar surface area (TPSA) is 87.7 Å². The van der Waals surface area contributed by atoms with Crippen molar-refractivity contribution < 1.29 is 19.4 Å². The molecule has 0 saturated carbocycles. The number of anilines is 1. The van der Waals surface area contributed by atoms with Crippen LogP contribution in [0.1, 0.15) is 42.3 Å². The van der Waals surface area contributed by atoms with Gasteiger partial charge < -0.3 is 20.5 Å². The van der Waals surface area contributed by atoms with Crippen molar-refractivity contribution in [2.24, 2.45) is 0 Å². The van der Waals surface area contributed by atoms with Crippen LogP contribution in [0.15, 0.2) is 54.6 Å². The Kier molecular flexibility index (Phi) is 6.49. The number of amides is 1. The minimum Gasteiger partial charge on any atom is -0.483 e. The first kappa shape index (κ1) is 22.2. The van der Waals surface area contributed by atoms with Crippen molar-refractivity contribution in [1.82, 2.24) is 5.32 Å². The van der Waals surface area contributed by atoms with E-state index in [2.05, 4.69) is 10.6 Å². The summed E-state index contributed by atoms with van der Waals surface area (Å²) in [4.78, 5) is 23.4. The smallest absolute Gasteiger partial charge is 0.335 e. The number of carboxylic acid groups (broad SMARTS) is 1. The van der Waals surface area contributed by atoms with Gasteiger partial charge in [-0.15, -0.1) is 0 Å². The number of benzene rings is 3. The van der Waals surface area contributed by atoms with Crippen LogP contribution in [-0.4, -0.2) is 29.1 Å². The lowest BCUT2D eigenvalue weighted by Gasteiger charge is -2.21. The number of carbonyl (C=O) groups is 2. The summed E-state index contributed by atoms with van der Waals surface area (Å²) in [6.07, 6.45) is 0. The van der Waals surface area contributed by atoms with E-state index in [4.69, 9.17) is 9.84 Å². The van der Waals surface area contributed by atoms with E-state index in [-0.39, 0.29) is 23.6 Å². The van der Waals surface area contributed by atoms with Crippen molar-refractivity contribution in [2.45, 2.75) is 39.8 Å². The van der Waals surface area contributed by atoms with Gasteiger partial charge in [0.05, 0.1) is 5.56 Å². The zero-order valence-electron chi connectivity index (χ0n) is 18.3. The lowest BCUT2D eigenvalue weighted by atomic mass is 10.0. The van der Waals surface area contributed by atoms with Crippen molar-refractivity contribution in [1.29, 1.82) is 0 Å². The average molecular weight is 421 g/mol. The maximum atomic E-state index is 12.2. The quantitative estimate of drug-likeness (QED) is 0.513. The molecule has 0 aliphatic carbocycles. The van der Waals surface area contributed by atoms with Crippen LogP contribution < -0.4 is 15.4 Å². The van der Waals surface area contributed by atoms with E-state index >= 15 is 0 Å². The summed E-state index contributed by atoms with van der Waals surface area (Å²) >= 11 is 0. The van der Waals surface area contributed by atoms with Crippen molar-refractivity contribution in [3.63, 3.8) is 0 Å². The normalized spacial score (nSPS) is 11.2. The molecule has 0 atom stereocenters. The highest BCUT2D eigenvalue weighted by Gasteiger charge is 2.16. The minimum atomic E-state index is -0.951. The number of hydrogen-bond donors (Lipinski definition) is 3. The van der Waals surface area contributed by atoms with Gasteiger partial charge in [0.2, 0.25) is 0 Å². The molecule has 6 heteroatoms. The van der Waals surface area contributed by atoms with Crippen LogP contribution in [0.2, 0.25) is 0 Å². The molecule has 0 saturated heterocycles. The predicted octanol–water partition coefficient (Wildman–Crippen LogP) is 4.75. The molecule has 0 fully saturated rings. The summed E-state index contributed by atoms with van der Waals surface area (Å²) in [5, 5.41) is 17.6. The summed E-state index contributed by atoms with van der Waals surface area (Å²) in [5.74, 6) is -0.498. The van der Waals surface area contributed by atoms with Gasteiger partial charge >= 0.3 is 5.97 Å². The Hall–Kier alpha value is -3.54. The van der Waals surface area contributed by atoms with E-state index in [1.807, 2.05) is 64.1 Å². The predicted molar refractivity (Wildman–Crippen MR) is 123 cm³/mol. The molecule has 3 aromatic carbocycles.